The lowest BCUT2D eigenvalue weighted by Crippen LogP contribution is -2.29. The number of hydrogen-bond acceptors (Lipinski definition) is 5. The van der Waals surface area contributed by atoms with Crippen molar-refractivity contribution in [3.05, 3.63) is 0 Å². The van der Waals surface area contributed by atoms with Gasteiger partial charge in [-0.15, -0.1) is 0 Å². The highest BCUT2D eigenvalue weighted by Gasteiger charge is 2.12. The smallest absolute Gasteiger partial charge is 0.303 e. The van der Waals surface area contributed by atoms with Gasteiger partial charge in [-0.25, -0.2) is 5.06 Å². The molecule has 8 heteroatoms. The van der Waals surface area contributed by atoms with E-state index in [2.05, 4.69) is 5.32 Å². The fraction of sp³-hybridized carbons (Fsp3) is 0.714. The van der Waals surface area contributed by atoms with Crippen molar-refractivity contribution < 1.29 is 29.5 Å². The fourth-order valence-corrected chi connectivity index (χ4v) is 1.64. The third kappa shape index (κ3) is 11.8. The van der Waals surface area contributed by atoms with Crippen molar-refractivity contribution in [2.24, 2.45) is 0 Å². The largest absolute Gasteiger partial charge is 0.481 e. The second kappa shape index (κ2) is 11.7. The Labute approximate surface area is 129 Å². The average molecular weight is 316 g/mol. The number of nitrogens with zero attached hydrogens (tertiary/aromatic N) is 1. The van der Waals surface area contributed by atoms with Crippen LogP contribution in [0.15, 0.2) is 0 Å². The summed E-state index contributed by atoms with van der Waals surface area (Å²) in [6, 6.07) is 0. The highest BCUT2D eigenvalue weighted by Crippen LogP contribution is 2.01. The number of carbonyl (C=O) groups excluding carboxylic acids is 3. The van der Waals surface area contributed by atoms with Gasteiger partial charge in [0.2, 0.25) is 11.8 Å². The molecule has 0 saturated carbocycles. The molecule has 0 aliphatic carbocycles. The third-order valence-electron chi connectivity index (χ3n) is 2.91. The molecule has 0 aliphatic rings. The Morgan fingerprint density at radius 1 is 0.955 bits per heavy atom. The van der Waals surface area contributed by atoms with Crippen molar-refractivity contribution in [1.82, 2.24) is 10.4 Å². The molecule has 0 aromatic rings. The normalized spacial score (nSPS) is 10.1. The van der Waals surface area contributed by atoms with E-state index in [1.807, 2.05) is 0 Å². The summed E-state index contributed by atoms with van der Waals surface area (Å²) in [5, 5.41) is 21.0. The van der Waals surface area contributed by atoms with Crippen LogP contribution in [0.25, 0.3) is 0 Å². The SMILES string of the molecule is CC(=O)CCC(=O)NCCCCCN(O)C(=O)CCC(=O)O. The van der Waals surface area contributed by atoms with Crippen LogP contribution < -0.4 is 5.32 Å². The van der Waals surface area contributed by atoms with Crippen LogP contribution in [0.1, 0.15) is 51.9 Å². The molecule has 126 valence electrons. The van der Waals surface area contributed by atoms with Gasteiger partial charge in [0.25, 0.3) is 0 Å². The lowest BCUT2D eigenvalue weighted by molar-refractivity contribution is -0.166. The number of carboxylic acids is 1. The minimum Gasteiger partial charge on any atom is -0.481 e. The number of Topliss-reactive ketones (excluding diaryl/α,β-unsaturated/α-hetero) is 1. The van der Waals surface area contributed by atoms with Crippen molar-refractivity contribution in [1.29, 1.82) is 0 Å². The van der Waals surface area contributed by atoms with Gasteiger partial charge in [-0.1, -0.05) is 0 Å². The van der Waals surface area contributed by atoms with Crippen molar-refractivity contribution in [2.45, 2.75) is 51.9 Å². The number of carbonyl (C=O) groups is 4. The predicted molar refractivity (Wildman–Crippen MR) is 77.1 cm³/mol. The summed E-state index contributed by atoms with van der Waals surface area (Å²) in [5.41, 5.74) is 0. The number of rotatable bonds is 12. The standard InChI is InChI=1S/C14H24N2O6/c1-11(17)5-6-12(18)15-9-3-2-4-10-16(22)13(19)7-8-14(20)21/h22H,2-10H2,1H3,(H,15,18)(H,20,21). The van der Waals surface area contributed by atoms with Crippen LogP contribution in [0.2, 0.25) is 0 Å². The number of ketones is 1. The Morgan fingerprint density at radius 2 is 1.64 bits per heavy atom. The molecule has 8 nitrogen and oxygen atoms in total. The summed E-state index contributed by atoms with van der Waals surface area (Å²) in [7, 11) is 0. The molecule has 0 aromatic carbocycles. The molecule has 3 N–H and O–H groups in total. The van der Waals surface area contributed by atoms with Gasteiger partial charge in [-0.2, -0.15) is 0 Å². The van der Waals surface area contributed by atoms with Gasteiger partial charge in [-0.3, -0.25) is 19.6 Å². The molecule has 0 spiro atoms. The lowest BCUT2D eigenvalue weighted by atomic mass is 10.2. The molecular weight excluding hydrogens is 292 g/mol. The minimum absolute atomic E-state index is 0.0225. The summed E-state index contributed by atoms with van der Waals surface area (Å²) in [4.78, 5) is 43.6. The van der Waals surface area contributed by atoms with E-state index in [0.717, 1.165) is 0 Å². The van der Waals surface area contributed by atoms with Crippen LogP contribution in [0.4, 0.5) is 0 Å². The van der Waals surface area contributed by atoms with Gasteiger partial charge >= 0.3 is 5.97 Å². The van der Waals surface area contributed by atoms with E-state index in [0.29, 0.717) is 30.9 Å². The minimum atomic E-state index is -1.08. The molecule has 0 fully saturated rings. The molecule has 0 saturated heterocycles. The second-order valence-corrected chi connectivity index (χ2v) is 5.02. The zero-order valence-electron chi connectivity index (χ0n) is 12.8. The zero-order valence-corrected chi connectivity index (χ0v) is 12.8. The third-order valence-corrected chi connectivity index (χ3v) is 2.91. The van der Waals surface area contributed by atoms with Crippen molar-refractivity contribution >= 4 is 23.6 Å². The maximum atomic E-state index is 11.3. The molecular formula is C14H24N2O6. The molecule has 0 aliphatic heterocycles. The van der Waals surface area contributed by atoms with Gasteiger partial charge < -0.3 is 15.2 Å². The quantitative estimate of drug-likeness (QED) is 0.277. The Kier molecular flexibility index (Phi) is 10.6. The van der Waals surface area contributed by atoms with Crippen LogP contribution in [0.3, 0.4) is 0 Å². The first-order valence-electron chi connectivity index (χ1n) is 7.30. The van der Waals surface area contributed by atoms with Gasteiger partial charge in [-0.05, 0) is 26.2 Å². The zero-order chi connectivity index (χ0) is 17.0. The van der Waals surface area contributed by atoms with Crippen molar-refractivity contribution in [2.75, 3.05) is 13.1 Å². The summed E-state index contributed by atoms with van der Waals surface area (Å²) in [6.45, 7) is 2.05. The number of hydroxylamine groups is 2. The van der Waals surface area contributed by atoms with E-state index in [4.69, 9.17) is 5.11 Å². The highest BCUT2D eigenvalue weighted by atomic mass is 16.5. The van der Waals surface area contributed by atoms with Crippen LogP contribution in [0.5, 0.6) is 0 Å². The summed E-state index contributed by atoms with van der Waals surface area (Å²) < 4.78 is 0. The number of hydrogen-bond donors (Lipinski definition) is 3. The summed E-state index contributed by atoms with van der Waals surface area (Å²) >= 11 is 0. The second-order valence-electron chi connectivity index (χ2n) is 5.02. The molecule has 22 heavy (non-hydrogen) atoms. The number of aliphatic carboxylic acids is 1. The monoisotopic (exact) mass is 316 g/mol. The Bertz CT molecular complexity index is 397. The van der Waals surface area contributed by atoms with Crippen molar-refractivity contribution in [3.8, 4) is 0 Å². The van der Waals surface area contributed by atoms with Gasteiger partial charge in [0.05, 0.1) is 6.42 Å². The molecule has 0 bridgehead atoms. The average Bonchev–Trinajstić information content (AvgIpc) is 2.45. The Balaban J connectivity index is 3.56. The van der Waals surface area contributed by atoms with Crippen LogP contribution in [-0.2, 0) is 19.2 Å². The number of amides is 2. The molecule has 0 aromatic heterocycles. The molecule has 0 unspecified atom stereocenters. The van der Waals surface area contributed by atoms with Crippen LogP contribution in [0, 0.1) is 0 Å². The predicted octanol–water partition coefficient (Wildman–Crippen LogP) is 0.725. The molecule has 0 radical (unpaired) electrons. The highest BCUT2D eigenvalue weighted by molar-refractivity contribution is 5.83. The van der Waals surface area contributed by atoms with E-state index >= 15 is 0 Å². The molecule has 0 heterocycles. The maximum absolute atomic E-state index is 11.3. The topological polar surface area (TPSA) is 124 Å². The lowest BCUT2D eigenvalue weighted by Gasteiger charge is -2.14. The molecule has 2 amide bonds. The number of nitrogens with one attached hydrogen (secondary N) is 1. The van der Waals surface area contributed by atoms with Crippen LogP contribution >= 0.6 is 0 Å². The Morgan fingerprint density at radius 3 is 2.23 bits per heavy atom. The molecule has 0 atom stereocenters. The maximum Gasteiger partial charge on any atom is 0.303 e. The van der Waals surface area contributed by atoms with Crippen molar-refractivity contribution in [3.63, 3.8) is 0 Å². The van der Waals surface area contributed by atoms with E-state index in [1.165, 1.54) is 6.92 Å². The van der Waals surface area contributed by atoms with E-state index in [-0.39, 0.29) is 43.9 Å². The first-order chi connectivity index (χ1) is 10.3. The van der Waals surface area contributed by atoms with Gasteiger partial charge in [0.1, 0.15) is 5.78 Å². The fourth-order valence-electron chi connectivity index (χ4n) is 1.64. The summed E-state index contributed by atoms with van der Waals surface area (Å²) in [5.74, 6) is -1.88. The van der Waals surface area contributed by atoms with E-state index in [9.17, 15) is 24.4 Å². The Hall–Kier alpha value is -1.96. The molecule has 0 rings (SSSR count). The number of unbranched alkanes of at least 4 members (excludes halogenated alkanes) is 2. The summed E-state index contributed by atoms with van der Waals surface area (Å²) in [6.07, 6.45) is 1.86. The van der Waals surface area contributed by atoms with E-state index < -0.39 is 11.9 Å². The number of carboxylic acid groups (broad SMARTS) is 1. The first-order valence-corrected chi connectivity index (χ1v) is 7.30. The van der Waals surface area contributed by atoms with Gasteiger partial charge in [0.15, 0.2) is 0 Å². The van der Waals surface area contributed by atoms with E-state index in [1.54, 1.807) is 0 Å². The first kappa shape index (κ1) is 20.0. The van der Waals surface area contributed by atoms with Gasteiger partial charge in [0, 0.05) is 32.4 Å². The van der Waals surface area contributed by atoms with Crippen LogP contribution in [-0.4, -0.2) is 52.0 Å².